The molecule has 0 saturated heterocycles. The third-order valence-electron chi connectivity index (χ3n) is 4.28. The molecular weight excluding hydrogens is 264 g/mol. The van der Waals surface area contributed by atoms with Crippen molar-refractivity contribution >= 4 is 17.5 Å². The minimum Gasteiger partial charge on any atom is -0.345 e. The van der Waals surface area contributed by atoms with Crippen LogP contribution < -0.4 is 10.6 Å². The molecule has 0 unspecified atom stereocenters. The predicted octanol–water partition coefficient (Wildman–Crippen LogP) is 2.94. The summed E-state index contributed by atoms with van der Waals surface area (Å²) >= 11 is 0. The van der Waals surface area contributed by atoms with Crippen LogP contribution in [0.25, 0.3) is 0 Å². The summed E-state index contributed by atoms with van der Waals surface area (Å²) in [5, 5.41) is 5.58. The maximum Gasteiger partial charge on any atom is 0.313 e. The van der Waals surface area contributed by atoms with Crippen LogP contribution in [0, 0.1) is 19.8 Å². The summed E-state index contributed by atoms with van der Waals surface area (Å²) in [7, 11) is 0. The van der Waals surface area contributed by atoms with Crippen molar-refractivity contribution in [3.8, 4) is 0 Å². The van der Waals surface area contributed by atoms with E-state index in [4.69, 9.17) is 0 Å². The minimum absolute atomic E-state index is 0.121. The van der Waals surface area contributed by atoms with Gasteiger partial charge in [-0.15, -0.1) is 0 Å². The van der Waals surface area contributed by atoms with Gasteiger partial charge in [-0.05, 0) is 49.8 Å². The lowest BCUT2D eigenvalue weighted by molar-refractivity contribution is -0.137. The van der Waals surface area contributed by atoms with Crippen molar-refractivity contribution in [1.29, 1.82) is 0 Å². The highest BCUT2D eigenvalue weighted by molar-refractivity contribution is 6.39. The van der Waals surface area contributed by atoms with Crippen molar-refractivity contribution in [3.05, 3.63) is 29.3 Å². The molecule has 1 aliphatic rings. The first-order valence-corrected chi connectivity index (χ1v) is 7.66. The second-order valence-electron chi connectivity index (χ2n) is 6.11. The van der Waals surface area contributed by atoms with Crippen molar-refractivity contribution in [1.82, 2.24) is 5.32 Å². The first-order valence-electron chi connectivity index (χ1n) is 7.66. The van der Waals surface area contributed by atoms with Gasteiger partial charge in [0, 0.05) is 11.7 Å². The molecule has 1 saturated carbocycles. The van der Waals surface area contributed by atoms with E-state index in [9.17, 15) is 9.59 Å². The van der Waals surface area contributed by atoms with Crippen molar-refractivity contribution in [2.75, 3.05) is 5.32 Å². The van der Waals surface area contributed by atoms with Gasteiger partial charge in [0.1, 0.15) is 0 Å². The largest absolute Gasteiger partial charge is 0.345 e. The van der Waals surface area contributed by atoms with Crippen LogP contribution in [0.4, 0.5) is 5.69 Å². The first kappa shape index (κ1) is 15.5. The van der Waals surface area contributed by atoms with Gasteiger partial charge in [-0.2, -0.15) is 0 Å². The second kappa shape index (κ2) is 6.74. The summed E-state index contributed by atoms with van der Waals surface area (Å²) in [5.41, 5.74) is 2.71. The SMILES string of the molecule is Cc1ccc(C)c(NC(=O)C(=O)N[C@H]2CCCC[C@@H]2C)c1. The average Bonchev–Trinajstić information content (AvgIpc) is 2.45. The molecule has 1 aromatic carbocycles. The standard InChI is InChI=1S/C17H24N2O2/c1-11-8-9-13(3)15(10-11)19-17(21)16(20)18-14-7-5-4-6-12(14)2/h8-10,12,14H,4-7H2,1-3H3,(H,18,20)(H,19,21)/t12-,14-/m0/s1. The summed E-state index contributed by atoms with van der Waals surface area (Å²) in [5.74, 6) is -0.674. The fraction of sp³-hybridized carbons (Fsp3) is 0.529. The van der Waals surface area contributed by atoms with Crippen LogP contribution in [0.3, 0.4) is 0 Å². The average molecular weight is 288 g/mol. The van der Waals surface area contributed by atoms with Gasteiger partial charge in [-0.1, -0.05) is 31.9 Å². The van der Waals surface area contributed by atoms with Gasteiger partial charge in [-0.3, -0.25) is 9.59 Å². The number of benzene rings is 1. The molecule has 0 aromatic heterocycles. The zero-order valence-electron chi connectivity index (χ0n) is 13.0. The van der Waals surface area contributed by atoms with Crippen molar-refractivity contribution in [2.45, 2.75) is 52.5 Å². The van der Waals surface area contributed by atoms with Gasteiger partial charge in [0.15, 0.2) is 0 Å². The van der Waals surface area contributed by atoms with Gasteiger partial charge < -0.3 is 10.6 Å². The first-order chi connectivity index (χ1) is 9.97. The van der Waals surface area contributed by atoms with E-state index in [2.05, 4.69) is 17.6 Å². The molecule has 21 heavy (non-hydrogen) atoms. The lowest BCUT2D eigenvalue weighted by Crippen LogP contribution is -2.45. The number of carbonyl (C=O) groups is 2. The molecule has 1 aromatic rings. The van der Waals surface area contributed by atoms with E-state index >= 15 is 0 Å². The quantitative estimate of drug-likeness (QED) is 0.822. The van der Waals surface area contributed by atoms with Crippen LogP contribution in [0.15, 0.2) is 18.2 Å². The molecule has 0 bridgehead atoms. The van der Waals surface area contributed by atoms with Crippen LogP contribution in [0.2, 0.25) is 0 Å². The molecule has 2 atom stereocenters. The van der Waals surface area contributed by atoms with Crippen molar-refractivity contribution in [2.24, 2.45) is 5.92 Å². The topological polar surface area (TPSA) is 58.2 Å². The van der Waals surface area contributed by atoms with E-state index in [-0.39, 0.29) is 6.04 Å². The van der Waals surface area contributed by atoms with Gasteiger partial charge in [0.25, 0.3) is 0 Å². The van der Waals surface area contributed by atoms with Crippen LogP contribution in [0.5, 0.6) is 0 Å². The maximum atomic E-state index is 12.0. The molecule has 4 heteroatoms. The van der Waals surface area contributed by atoms with Crippen molar-refractivity contribution < 1.29 is 9.59 Å². The van der Waals surface area contributed by atoms with E-state index < -0.39 is 11.8 Å². The number of rotatable bonds is 2. The van der Waals surface area contributed by atoms with Crippen LogP contribution in [-0.4, -0.2) is 17.9 Å². The summed E-state index contributed by atoms with van der Waals surface area (Å²) in [6.07, 6.45) is 4.41. The smallest absolute Gasteiger partial charge is 0.313 e. The number of hydrogen-bond acceptors (Lipinski definition) is 2. The molecule has 2 amide bonds. The summed E-state index contributed by atoms with van der Waals surface area (Å²) in [6.45, 7) is 6.00. The van der Waals surface area contributed by atoms with Crippen LogP contribution in [-0.2, 0) is 9.59 Å². The molecule has 2 rings (SSSR count). The monoisotopic (exact) mass is 288 g/mol. The van der Waals surface area contributed by atoms with Crippen molar-refractivity contribution in [3.63, 3.8) is 0 Å². The van der Waals surface area contributed by atoms with Crippen LogP contribution in [0.1, 0.15) is 43.7 Å². The molecule has 1 aliphatic carbocycles. The highest BCUT2D eigenvalue weighted by atomic mass is 16.2. The third kappa shape index (κ3) is 4.06. The Balaban J connectivity index is 1.96. The van der Waals surface area contributed by atoms with Crippen LogP contribution >= 0.6 is 0 Å². The highest BCUT2D eigenvalue weighted by Gasteiger charge is 2.25. The normalized spacial score (nSPS) is 21.7. The molecule has 4 nitrogen and oxygen atoms in total. The maximum absolute atomic E-state index is 12.0. The van der Waals surface area contributed by atoms with E-state index in [0.717, 1.165) is 30.4 Å². The Morgan fingerprint density at radius 3 is 2.52 bits per heavy atom. The lowest BCUT2D eigenvalue weighted by atomic mass is 9.86. The molecule has 0 spiro atoms. The lowest BCUT2D eigenvalue weighted by Gasteiger charge is -2.29. The zero-order valence-corrected chi connectivity index (χ0v) is 13.0. The van der Waals surface area contributed by atoms with E-state index in [1.54, 1.807) is 0 Å². The third-order valence-corrected chi connectivity index (χ3v) is 4.28. The molecule has 1 fully saturated rings. The Morgan fingerprint density at radius 2 is 1.81 bits per heavy atom. The van der Waals surface area contributed by atoms with Gasteiger partial charge >= 0.3 is 11.8 Å². The molecule has 0 aliphatic heterocycles. The van der Waals surface area contributed by atoms with E-state index in [1.165, 1.54) is 6.42 Å². The number of anilines is 1. The molecule has 2 N–H and O–H groups in total. The number of amides is 2. The molecule has 114 valence electrons. The minimum atomic E-state index is -0.582. The highest BCUT2D eigenvalue weighted by Crippen LogP contribution is 2.23. The van der Waals surface area contributed by atoms with Gasteiger partial charge in [0.05, 0.1) is 0 Å². The van der Waals surface area contributed by atoms with Gasteiger partial charge in [-0.25, -0.2) is 0 Å². The zero-order chi connectivity index (χ0) is 15.4. The van der Waals surface area contributed by atoms with E-state index in [1.807, 2.05) is 32.0 Å². The molecule has 0 heterocycles. The van der Waals surface area contributed by atoms with E-state index in [0.29, 0.717) is 11.6 Å². The number of hydrogen-bond donors (Lipinski definition) is 2. The number of aryl methyl sites for hydroxylation is 2. The summed E-state index contributed by atoms with van der Waals surface area (Å²) in [6, 6.07) is 5.92. The molecule has 0 radical (unpaired) electrons. The predicted molar refractivity (Wildman–Crippen MR) is 84.1 cm³/mol. The Morgan fingerprint density at radius 1 is 1.10 bits per heavy atom. The summed E-state index contributed by atoms with van der Waals surface area (Å²) < 4.78 is 0. The Labute approximate surface area is 126 Å². The Bertz CT molecular complexity index is 540. The Kier molecular flexibility index (Phi) is 4.99. The fourth-order valence-corrected chi connectivity index (χ4v) is 2.81. The number of carbonyl (C=O) groups excluding carboxylic acids is 2. The number of nitrogens with one attached hydrogen (secondary N) is 2. The summed E-state index contributed by atoms with van der Waals surface area (Å²) in [4.78, 5) is 24.1. The Hall–Kier alpha value is -1.84. The molecular formula is C17H24N2O2. The van der Waals surface area contributed by atoms with Gasteiger partial charge in [0.2, 0.25) is 0 Å². The fourth-order valence-electron chi connectivity index (χ4n) is 2.81. The second-order valence-corrected chi connectivity index (χ2v) is 6.11.